The van der Waals surface area contributed by atoms with E-state index in [1.54, 1.807) is 6.92 Å². The highest BCUT2D eigenvalue weighted by atomic mass is 79.9. The summed E-state index contributed by atoms with van der Waals surface area (Å²) in [5.41, 5.74) is 0.264. The Morgan fingerprint density at radius 1 is 1.06 bits per heavy atom. The molecule has 16 heavy (non-hydrogen) atoms. The van der Waals surface area contributed by atoms with E-state index >= 15 is 0 Å². The molecule has 0 aromatic heterocycles. The van der Waals surface area contributed by atoms with Gasteiger partial charge in [-0.05, 0) is 48.7 Å². The second-order valence-corrected chi connectivity index (χ2v) is 3.95. The second-order valence-electron chi connectivity index (χ2n) is 3.95. The average molecular weight is 299 g/mol. The van der Waals surface area contributed by atoms with Gasteiger partial charge in [0.05, 0.1) is 0 Å². The Labute approximate surface area is 111 Å². The van der Waals surface area contributed by atoms with Crippen molar-refractivity contribution in [2.75, 3.05) is 42.3 Å². The number of carboxylic acids is 1. The molecule has 0 saturated heterocycles. The Bertz CT molecular complexity index is 160. The third-order valence-corrected chi connectivity index (χ3v) is 0.729. The Balaban J connectivity index is -0.0000000700. The zero-order chi connectivity index (χ0) is 13.0. The second kappa shape index (κ2) is 17.0. The van der Waals surface area contributed by atoms with Crippen LogP contribution in [0, 0.1) is 0 Å². The number of nitrogens with zero attached hydrogens (tertiary/aromatic N) is 2. The van der Waals surface area contributed by atoms with Crippen molar-refractivity contribution >= 4 is 23.0 Å². The van der Waals surface area contributed by atoms with Gasteiger partial charge in [0.25, 0.3) is 0 Å². The molecule has 0 aromatic carbocycles. The fourth-order valence-electron chi connectivity index (χ4n) is 0.151. The summed E-state index contributed by atoms with van der Waals surface area (Å²) in [6.07, 6.45) is 0.523. The number of carbonyl (C=O) groups is 1. The highest BCUT2D eigenvalue weighted by Crippen LogP contribution is 1.93. The first-order valence-corrected chi connectivity index (χ1v) is 4.78. The lowest BCUT2D eigenvalue weighted by molar-refractivity contribution is -0.132. The predicted octanol–water partition coefficient (Wildman–Crippen LogP) is 1.97. The number of rotatable bonds is 2. The standard InChI is InChI=1S/C5H8O2.2C3H9N.BrH/c1-3-4(2)5(6)7;2*1-4(2)3;/h2-3H2,1H3,(H,6,7);2*1-3H3;1H. The highest BCUT2D eigenvalue weighted by molar-refractivity contribution is 8.93. The van der Waals surface area contributed by atoms with Crippen LogP contribution in [0.3, 0.4) is 0 Å². The molecule has 0 aliphatic carbocycles. The molecule has 0 radical (unpaired) electrons. The van der Waals surface area contributed by atoms with E-state index in [2.05, 4.69) is 6.58 Å². The maximum atomic E-state index is 9.83. The first-order chi connectivity index (χ1) is 6.64. The van der Waals surface area contributed by atoms with E-state index in [1.807, 2.05) is 52.1 Å². The van der Waals surface area contributed by atoms with Crippen molar-refractivity contribution in [2.45, 2.75) is 13.3 Å². The molecular weight excluding hydrogens is 272 g/mol. The molecule has 0 spiro atoms. The molecule has 0 aromatic rings. The summed E-state index contributed by atoms with van der Waals surface area (Å²) in [5, 5.41) is 8.08. The van der Waals surface area contributed by atoms with E-state index in [0.29, 0.717) is 6.42 Å². The number of hydrogen-bond acceptors (Lipinski definition) is 3. The van der Waals surface area contributed by atoms with Gasteiger partial charge in [-0.2, -0.15) is 0 Å². The molecule has 0 rings (SSSR count). The fourth-order valence-corrected chi connectivity index (χ4v) is 0.151. The lowest BCUT2D eigenvalue weighted by atomic mass is 10.2. The molecule has 0 aliphatic heterocycles. The largest absolute Gasteiger partial charge is 0.478 e. The number of halogens is 1. The van der Waals surface area contributed by atoms with Gasteiger partial charge >= 0.3 is 5.97 Å². The molecule has 0 bridgehead atoms. The van der Waals surface area contributed by atoms with Crippen LogP contribution in [-0.4, -0.2) is 63.2 Å². The van der Waals surface area contributed by atoms with E-state index in [1.165, 1.54) is 0 Å². The van der Waals surface area contributed by atoms with Crippen molar-refractivity contribution in [1.82, 2.24) is 9.80 Å². The molecule has 0 aliphatic rings. The maximum absolute atomic E-state index is 9.83. The van der Waals surface area contributed by atoms with Crippen LogP contribution in [-0.2, 0) is 4.79 Å². The minimum Gasteiger partial charge on any atom is -0.478 e. The van der Waals surface area contributed by atoms with E-state index in [4.69, 9.17) is 5.11 Å². The first-order valence-electron chi connectivity index (χ1n) is 4.78. The van der Waals surface area contributed by atoms with E-state index in [0.717, 1.165) is 0 Å². The van der Waals surface area contributed by atoms with Crippen LogP contribution in [0.25, 0.3) is 0 Å². The minimum absolute atomic E-state index is 0. The van der Waals surface area contributed by atoms with E-state index < -0.39 is 5.97 Å². The first kappa shape index (κ1) is 24.7. The quantitative estimate of drug-likeness (QED) is 0.792. The van der Waals surface area contributed by atoms with Gasteiger partial charge in [-0.1, -0.05) is 13.5 Å². The van der Waals surface area contributed by atoms with Crippen LogP contribution in [0.15, 0.2) is 12.2 Å². The molecular formula is C11H27BrN2O2. The third kappa shape index (κ3) is 68.8. The molecule has 100 valence electrons. The van der Waals surface area contributed by atoms with Crippen LogP contribution in [0.4, 0.5) is 0 Å². The Kier molecular flexibility index (Phi) is 26.3. The summed E-state index contributed by atoms with van der Waals surface area (Å²) in [6, 6.07) is 0. The Morgan fingerprint density at radius 2 is 1.25 bits per heavy atom. The topological polar surface area (TPSA) is 43.8 Å². The van der Waals surface area contributed by atoms with E-state index in [9.17, 15) is 4.79 Å². The van der Waals surface area contributed by atoms with E-state index in [-0.39, 0.29) is 22.6 Å². The van der Waals surface area contributed by atoms with Crippen molar-refractivity contribution in [3.8, 4) is 0 Å². The molecule has 0 saturated carbocycles. The summed E-state index contributed by atoms with van der Waals surface area (Å²) in [6.45, 7) is 5.03. The maximum Gasteiger partial charge on any atom is 0.330 e. The Morgan fingerprint density at radius 3 is 1.25 bits per heavy atom. The van der Waals surface area contributed by atoms with Crippen LogP contribution in [0.2, 0.25) is 0 Å². The van der Waals surface area contributed by atoms with Gasteiger partial charge in [0.1, 0.15) is 0 Å². The molecule has 0 amide bonds. The van der Waals surface area contributed by atoms with Crippen molar-refractivity contribution in [3.05, 3.63) is 12.2 Å². The molecule has 5 heteroatoms. The fraction of sp³-hybridized carbons (Fsp3) is 0.727. The lowest BCUT2D eigenvalue weighted by Gasteiger charge is -1.90. The third-order valence-electron chi connectivity index (χ3n) is 0.729. The number of aliphatic carboxylic acids is 1. The number of hydrogen-bond donors (Lipinski definition) is 1. The molecule has 0 fully saturated rings. The average Bonchev–Trinajstić information content (AvgIpc) is 2.00. The molecule has 0 heterocycles. The van der Waals surface area contributed by atoms with Gasteiger partial charge in [0, 0.05) is 5.57 Å². The molecule has 1 N–H and O–H groups in total. The van der Waals surface area contributed by atoms with Crippen molar-refractivity contribution in [3.63, 3.8) is 0 Å². The lowest BCUT2D eigenvalue weighted by Crippen LogP contribution is -1.99. The molecule has 4 nitrogen and oxygen atoms in total. The monoisotopic (exact) mass is 298 g/mol. The van der Waals surface area contributed by atoms with Gasteiger partial charge in [0.2, 0.25) is 0 Å². The summed E-state index contributed by atoms with van der Waals surface area (Å²) < 4.78 is 0. The zero-order valence-corrected chi connectivity index (χ0v) is 13.3. The highest BCUT2D eigenvalue weighted by Gasteiger charge is 1.96. The summed E-state index contributed by atoms with van der Waals surface area (Å²) in [7, 11) is 12.0. The minimum atomic E-state index is -0.900. The predicted molar refractivity (Wildman–Crippen MR) is 76.6 cm³/mol. The van der Waals surface area contributed by atoms with Crippen molar-refractivity contribution in [1.29, 1.82) is 0 Å². The summed E-state index contributed by atoms with van der Waals surface area (Å²) >= 11 is 0. The van der Waals surface area contributed by atoms with Gasteiger partial charge in [0.15, 0.2) is 0 Å². The van der Waals surface area contributed by atoms with Gasteiger partial charge in [-0.25, -0.2) is 4.79 Å². The molecule has 0 unspecified atom stereocenters. The van der Waals surface area contributed by atoms with Crippen LogP contribution >= 0.6 is 17.0 Å². The SMILES string of the molecule is Br.C=C(CC)C(=O)O.CN(C)C.CN(C)C. The Hall–Kier alpha value is -0.390. The van der Waals surface area contributed by atoms with Crippen LogP contribution in [0.1, 0.15) is 13.3 Å². The van der Waals surface area contributed by atoms with Crippen LogP contribution in [0.5, 0.6) is 0 Å². The molecule has 0 atom stereocenters. The van der Waals surface area contributed by atoms with Crippen LogP contribution < -0.4 is 0 Å². The van der Waals surface area contributed by atoms with Crippen molar-refractivity contribution < 1.29 is 9.90 Å². The normalized spacial score (nSPS) is 8.06. The smallest absolute Gasteiger partial charge is 0.330 e. The van der Waals surface area contributed by atoms with Crippen molar-refractivity contribution in [2.24, 2.45) is 0 Å². The summed E-state index contributed by atoms with van der Waals surface area (Å²) in [5.74, 6) is -0.900. The van der Waals surface area contributed by atoms with Gasteiger partial charge in [-0.3, -0.25) is 0 Å². The van der Waals surface area contributed by atoms with Gasteiger partial charge < -0.3 is 14.9 Å². The summed E-state index contributed by atoms with van der Waals surface area (Å²) in [4.78, 5) is 13.8. The number of carboxylic acid groups (broad SMARTS) is 1. The zero-order valence-electron chi connectivity index (χ0n) is 11.6. The van der Waals surface area contributed by atoms with Gasteiger partial charge in [-0.15, -0.1) is 17.0 Å².